The lowest BCUT2D eigenvalue weighted by Crippen LogP contribution is -2.56. The van der Waals surface area contributed by atoms with Gasteiger partial charge in [0, 0.05) is 6.20 Å². The molecule has 2 aromatic rings. The van der Waals surface area contributed by atoms with Crippen LogP contribution in [0.4, 0.5) is 35.1 Å². The molecule has 1 N–H and O–H groups in total. The highest BCUT2D eigenvalue weighted by molar-refractivity contribution is 5.38. The third kappa shape index (κ3) is 3.17. The highest BCUT2D eigenvalue weighted by Crippen LogP contribution is 2.51. The number of nitrogens with zero attached hydrogens (tertiary/aromatic N) is 1. The molecule has 2 rings (SSSR count). The third-order valence-electron chi connectivity index (χ3n) is 3.48. The van der Waals surface area contributed by atoms with E-state index in [1.165, 1.54) is 6.07 Å². The van der Waals surface area contributed by atoms with Crippen molar-refractivity contribution >= 4 is 0 Å². The van der Waals surface area contributed by atoms with Gasteiger partial charge in [0.2, 0.25) is 5.60 Å². The van der Waals surface area contributed by atoms with Crippen LogP contribution in [0.1, 0.15) is 16.8 Å². The Bertz CT molecular complexity index is 724. The predicted octanol–water partition coefficient (Wildman–Crippen LogP) is 4.53. The topological polar surface area (TPSA) is 33.1 Å². The summed E-state index contributed by atoms with van der Waals surface area (Å²) < 4.78 is 104. The third-order valence-corrected chi connectivity index (χ3v) is 3.48. The first-order chi connectivity index (χ1) is 11.3. The van der Waals surface area contributed by atoms with Gasteiger partial charge in [0.1, 0.15) is 0 Å². The molecule has 0 fully saturated rings. The molecule has 136 valence electrons. The second kappa shape index (κ2) is 5.94. The van der Waals surface area contributed by atoms with Gasteiger partial charge in [0.25, 0.3) is 0 Å². The van der Waals surface area contributed by atoms with E-state index in [0.29, 0.717) is 24.3 Å². The molecule has 1 unspecified atom stereocenters. The van der Waals surface area contributed by atoms with E-state index in [0.717, 1.165) is 18.3 Å². The van der Waals surface area contributed by atoms with Gasteiger partial charge in [-0.3, -0.25) is 4.98 Å². The smallest absolute Gasteiger partial charge is 0.373 e. The van der Waals surface area contributed by atoms with Crippen LogP contribution < -0.4 is 0 Å². The van der Waals surface area contributed by atoms with Crippen LogP contribution in [-0.2, 0) is 11.8 Å². The molecule has 1 atom stereocenters. The first-order valence-electron chi connectivity index (χ1n) is 6.58. The second-order valence-corrected chi connectivity index (χ2v) is 5.07. The van der Waals surface area contributed by atoms with E-state index in [1.807, 2.05) is 0 Å². The Morgan fingerprint density at radius 2 is 1.24 bits per heavy atom. The summed E-state index contributed by atoms with van der Waals surface area (Å²) in [4.78, 5) is 3.33. The van der Waals surface area contributed by atoms with E-state index in [-0.39, 0.29) is 0 Å². The summed E-state index contributed by atoms with van der Waals surface area (Å²) >= 11 is 0. The monoisotopic (exact) mass is 371 g/mol. The van der Waals surface area contributed by atoms with Gasteiger partial charge in [0.15, 0.2) is 0 Å². The highest BCUT2D eigenvalue weighted by atomic mass is 19.4. The van der Waals surface area contributed by atoms with Crippen molar-refractivity contribution in [3.05, 3.63) is 65.5 Å². The van der Waals surface area contributed by atoms with Gasteiger partial charge >= 0.3 is 18.3 Å². The number of aromatic nitrogens is 1. The van der Waals surface area contributed by atoms with Crippen LogP contribution >= 0.6 is 0 Å². The molecule has 0 aliphatic rings. The lowest BCUT2D eigenvalue weighted by Gasteiger charge is -2.36. The normalized spacial score (nSPS) is 15.7. The number of aliphatic hydroxyl groups is 1. The molecule has 0 radical (unpaired) electrons. The molecule has 0 aliphatic carbocycles. The largest absolute Gasteiger partial charge is 0.457 e. The molecule has 0 bridgehead atoms. The van der Waals surface area contributed by atoms with Crippen LogP contribution in [0.5, 0.6) is 0 Å². The Labute approximate surface area is 135 Å². The maximum absolute atomic E-state index is 14.0. The van der Waals surface area contributed by atoms with E-state index in [1.54, 1.807) is 0 Å². The van der Waals surface area contributed by atoms with E-state index < -0.39 is 40.7 Å². The van der Waals surface area contributed by atoms with Gasteiger partial charge in [0.05, 0.1) is 11.3 Å². The van der Waals surface area contributed by atoms with E-state index in [4.69, 9.17) is 0 Å². The summed E-state index contributed by atoms with van der Waals surface area (Å²) in [5, 5.41) is 10.3. The van der Waals surface area contributed by atoms with Gasteiger partial charge in [-0.1, -0.05) is 18.2 Å². The molecule has 2 nitrogen and oxygen atoms in total. The maximum atomic E-state index is 14.0. The number of rotatable bonds is 3. The SMILES string of the molecule is OC(c1ccc(C(F)(F)F)cc1)(c1ccccn1)C(F)(F)C(F)(F)F. The molecular weight excluding hydrogens is 362 g/mol. The summed E-state index contributed by atoms with van der Waals surface area (Å²) in [5.41, 5.74) is -7.41. The zero-order valence-electron chi connectivity index (χ0n) is 12.0. The molecule has 1 aromatic heterocycles. The van der Waals surface area contributed by atoms with Crippen molar-refractivity contribution in [1.82, 2.24) is 4.98 Å². The minimum Gasteiger partial charge on any atom is -0.373 e. The molecule has 1 aromatic carbocycles. The summed E-state index contributed by atoms with van der Waals surface area (Å²) in [5.74, 6) is -5.71. The average Bonchev–Trinajstić information content (AvgIpc) is 2.53. The van der Waals surface area contributed by atoms with Crippen molar-refractivity contribution in [2.24, 2.45) is 0 Å². The minimum absolute atomic E-state index is 0.301. The first-order valence-corrected chi connectivity index (χ1v) is 6.58. The Kier molecular flexibility index (Phi) is 4.54. The second-order valence-electron chi connectivity index (χ2n) is 5.07. The summed E-state index contributed by atoms with van der Waals surface area (Å²) in [6.07, 6.45) is -10.1. The van der Waals surface area contributed by atoms with Crippen LogP contribution in [0.2, 0.25) is 0 Å². The Morgan fingerprint density at radius 3 is 1.64 bits per heavy atom. The maximum Gasteiger partial charge on any atom is 0.457 e. The molecule has 0 amide bonds. The summed E-state index contributed by atoms with van der Waals surface area (Å²) in [7, 11) is 0. The van der Waals surface area contributed by atoms with E-state index in [2.05, 4.69) is 4.98 Å². The molecule has 25 heavy (non-hydrogen) atoms. The minimum atomic E-state index is -6.18. The molecule has 1 heterocycles. The van der Waals surface area contributed by atoms with Crippen LogP contribution in [0.15, 0.2) is 48.7 Å². The zero-order chi connectivity index (χ0) is 19.1. The van der Waals surface area contributed by atoms with E-state index in [9.17, 15) is 40.2 Å². The Balaban J connectivity index is 2.69. The molecular formula is C15H9F8NO. The van der Waals surface area contributed by atoms with Crippen molar-refractivity contribution in [3.8, 4) is 0 Å². The van der Waals surface area contributed by atoms with Crippen LogP contribution in [-0.4, -0.2) is 22.2 Å². The van der Waals surface area contributed by atoms with Gasteiger partial charge in [-0.2, -0.15) is 35.1 Å². The highest BCUT2D eigenvalue weighted by Gasteiger charge is 2.71. The fraction of sp³-hybridized carbons (Fsp3) is 0.267. The molecule has 0 spiro atoms. The van der Waals surface area contributed by atoms with Gasteiger partial charge < -0.3 is 5.11 Å². The number of benzene rings is 1. The number of hydrogen-bond donors (Lipinski definition) is 1. The number of alkyl halides is 8. The fourth-order valence-corrected chi connectivity index (χ4v) is 2.17. The van der Waals surface area contributed by atoms with Crippen LogP contribution in [0.3, 0.4) is 0 Å². The Hall–Kier alpha value is -2.23. The number of hydrogen-bond acceptors (Lipinski definition) is 2. The quantitative estimate of drug-likeness (QED) is 0.804. The van der Waals surface area contributed by atoms with Gasteiger partial charge in [-0.05, 0) is 29.8 Å². The van der Waals surface area contributed by atoms with Crippen molar-refractivity contribution in [2.45, 2.75) is 23.9 Å². The fourth-order valence-electron chi connectivity index (χ4n) is 2.17. The summed E-state index contributed by atoms with van der Waals surface area (Å²) in [6, 6.07) is 4.31. The molecule has 0 saturated heterocycles. The lowest BCUT2D eigenvalue weighted by molar-refractivity contribution is -0.337. The molecule has 0 saturated carbocycles. The summed E-state index contributed by atoms with van der Waals surface area (Å²) in [6.45, 7) is 0. The first kappa shape index (κ1) is 19.1. The average molecular weight is 371 g/mol. The molecule has 10 heteroatoms. The standard InChI is InChI=1S/C15H9F8NO/c16-13(17,18)10-6-4-9(5-7-10)12(25,11-3-1-2-8-24-11)14(19,20)15(21,22)23/h1-8,25H. The Morgan fingerprint density at radius 1 is 0.720 bits per heavy atom. The van der Waals surface area contributed by atoms with Crippen molar-refractivity contribution in [2.75, 3.05) is 0 Å². The van der Waals surface area contributed by atoms with Gasteiger partial charge in [-0.25, -0.2) is 0 Å². The van der Waals surface area contributed by atoms with Crippen molar-refractivity contribution < 1.29 is 40.2 Å². The van der Waals surface area contributed by atoms with Crippen molar-refractivity contribution in [1.29, 1.82) is 0 Å². The molecule has 0 aliphatic heterocycles. The van der Waals surface area contributed by atoms with Gasteiger partial charge in [-0.15, -0.1) is 0 Å². The van der Waals surface area contributed by atoms with E-state index >= 15 is 0 Å². The predicted molar refractivity (Wildman–Crippen MR) is 69.7 cm³/mol. The van der Waals surface area contributed by atoms with Crippen LogP contribution in [0.25, 0.3) is 0 Å². The van der Waals surface area contributed by atoms with Crippen LogP contribution in [0, 0.1) is 0 Å². The lowest BCUT2D eigenvalue weighted by atomic mass is 9.83. The van der Waals surface area contributed by atoms with Crippen molar-refractivity contribution in [3.63, 3.8) is 0 Å². The number of pyridine rings is 1. The number of halogens is 8. The zero-order valence-corrected chi connectivity index (χ0v) is 12.0.